The molecule has 0 saturated carbocycles. The van der Waals surface area contributed by atoms with Crippen molar-refractivity contribution < 1.29 is 10.2 Å². The highest BCUT2D eigenvalue weighted by Crippen LogP contribution is 2.06. The number of nitrogen functional groups attached to an aromatic ring is 1. The number of anilines is 1. The summed E-state index contributed by atoms with van der Waals surface area (Å²) in [4.78, 5) is 9.67. The van der Waals surface area contributed by atoms with Crippen molar-refractivity contribution in [3.63, 3.8) is 0 Å². The molecule has 0 atom stereocenters. The highest BCUT2D eigenvalue weighted by Gasteiger charge is 2.09. The average molecular weight is 225 g/mol. The summed E-state index contributed by atoms with van der Waals surface area (Å²) in [5.74, 6) is 0.201. The molecule has 0 bridgehead atoms. The lowest BCUT2D eigenvalue weighted by molar-refractivity contribution is 0.280. The Morgan fingerprint density at radius 1 is 1.38 bits per heavy atom. The van der Waals surface area contributed by atoms with E-state index in [0.717, 1.165) is 0 Å². The second kappa shape index (κ2) is 5.99. The van der Waals surface area contributed by atoms with Gasteiger partial charge in [-0.25, -0.2) is 9.97 Å². The topological polar surface area (TPSA) is 119 Å². The van der Waals surface area contributed by atoms with Gasteiger partial charge in [-0.2, -0.15) is 0 Å². The molecule has 0 saturated heterocycles. The lowest BCUT2D eigenvalue weighted by Crippen LogP contribution is -2.31. The fourth-order valence-corrected chi connectivity index (χ4v) is 1.20. The van der Waals surface area contributed by atoms with E-state index < -0.39 is 0 Å². The second-order valence-corrected chi connectivity index (χ2v) is 3.09. The zero-order valence-electron chi connectivity index (χ0n) is 8.80. The highest BCUT2D eigenvalue weighted by molar-refractivity contribution is 5.93. The van der Waals surface area contributed by atoms with E-state index in [1.165, 1.54) is 12.3 Å². The summed E-state index contributed by atoms with van der Waals surface area (Å²) in [7, 11) is 0. The molecule has 0 aliphatic rings. The Hall–Kier alpha value is -1.73. The van der Waals surface area contributed by atoms with Crippen molar-refractivity contribution in [2.45, 2.75) is 0 Å². The quantitative estimate of drug-likeness (QED) is 0.347. The number of rotatable bonds is 6. The van der Waals surface area contributed by atoms with E-state index in [4.69, 9.17) is 21.4 Å². The van der Waals surface area contributed by atoms with Gasteiger partial charge in [-0.3, -0.25) is 5.41 Å². The van der Waals surface area contributed by atoms with Gasteiger partial charge in [0.25, 0.3) is 0 Å². The Balaban J connectivity index is 2.90. The van der Waals surface area contributed by atoms with Crippen LogP contribution in [-0.2, 0) is 0 Å². The minimum Gasteiger partial charge on any atom is -0.395 e. The Morgan fingerprint density at radius 2 is 2.00 bits per heavy atom. The van der Waals surface area contributed by atoms with Crippen molar-refractivity contribution in [2.75, 3.05) is 31.2 Å². The molecule has 1 rings (SSSR count). The van der Waals surface area contributed by atoms with Crippen LogP contribution in [0.25, 0.3) is 0 Å². The van der Waals surface area contributed by atoms with E-state index in [1.807, 2.05) is 0 Å². The molecule has 0 aromatic carbocycles. The number of nitrogens with two attached hydrogens (primary N) is 1. The van der Waals surface area contributed by atoms with Crippen molar-refractivity contribution >= 4 is 11.8 Å². The van der Waals surface area contributed by atoms with Crippen LogP contribution in [0.3, 0.4) is 0 Å². The molecule has 88 valence electrons. The number of hydrogen-bond donors (Lipinski definition) is 4. The summed E-state index contributed by atoms with van der Waals surface area (Å²) in [6.07, 6.45) is 1.49. The number of aromatic nitrogens is 2. The standard InChI is InChI=1S/C9H15N5O2/c10-8(11)7-1-2-12-9(13-7)14(3-5-15)4-6-16/h1-2,15-16H,3-6H2,(H3,10,11). The Labute approximate surface area is 93.1 Å². The number of nitrogens with one attached hydrogen (secondary N) is 1. The molecule has 0 unspecified atom stereocenters. The Kier molecular flexibility index (Phi) is 4.62. The first kappa shape index (κ1) is 12.3. The highest BCUT2D eigenvalue weighted by atomic mass is 16.3. The van der Waals surface area contributed by atoms with Crippen LogP contribution >= 0.6 is 0 Å². The molecule has 1 heterocycles. The van der Waals surface area contributed by atoms with E-state index in [9.17, 15) is 0 Å². The number of aliphatic hydroxyl groups is 2. The summed E-state index contributed by atoms with van der Waals surface area (Å²) >= 11 is 0. The number of nitrogens with zero attached hydrogens (tertiary/aromatic N) is 3. The molecule has 0 aliphatic heterocycles. The summed E-state index contributed by atoms with van der Waals surface area (Å²) in [5.41, 5.74) is 5.63. The van der Waals surface area contributed by atoms with E-state index in [1.54, 1.807) is 4.90 Å². The molecule has 0 amide bonds. The van der Waals surface area contributed by atoms with Crippen LogP contribution in [0.1, 0.15) is 5.69 Å². The summed E-state index contributed by atoms with van der Waals surface area (Å²) in [6, 6.07) is 1.53. The molecular weight excluding hydrogens is 210 g/mol. The first-order valence-corrected chi connectivity index (χ1v) is 4.83. The average Bonchev–Trinajstić information content (AvgIpc) is 2.29. The maximum atomic E-state index is 8.86. The van der Waals surface area contributed by atoms with E-state index in [-0.39, 0.29) is 19.0 Å². The van der Waals surface area contributed by atoms with Crippen LogP contribution in [-0.4, -0.2) is 52.3 Å². The normalized spacial score (nSPS) is 10.1. The van der Waals surface area contributed by atoms with Gasteiger partial charge in [0.15, 0.2) is 0 Å². The van der Waals surface area contributed by atoms with E-state index >= 15 is 0 Å². The molecular formula is C9H15N5O2. The van der Waals surface area contributed by atoms with Crippen molar-refractivity contribution in [3.05, 3.63) is 18.0 Å². The van der Waals surface area contributed by atoms with Gasteiger partial charge in [0.2, 0.25) is 5.95 Å². The van der Waals surface area contributed by atoms with Crippen molar-refractivity contribution in [1.29, 1.82) is 5.41 Å². The monoisotopic (exact) mass is 225 g/mol. The molecule has 0 aliphatic carbocycles. The van der Waals surface area contributed by atoms with Gasteiger partial charge >= 0.3 is 0 Å². The first-order valence-electron chi connectivity index (χ1n) is 4.83. The minimum absolute atomic E-state index is 0.0618. The Bertz CT molecular complexity index is 352. The van der Waals surface area contributed by atoms with Gasteiger partial charge in [-0.15, -0.1) is 0 Å². The predicted molar refractivity (Wildman–Crippen MR) is 59.4 cm³/mol. The zero-order valence-corrected chi connectivity index (χ0v) is 8.80. The molecule has 0 spiro atoms. The van der Waals surface area contributed by atoms with Crippen LogP contribution in [0.5, 0.6) is 0 Å². The molecule has 7 nitrogen and oxygen atoms in total. The fourth-order valence-electron chi connectivity index (χ4n) is 1.20. The fraction of sp³-hybridized carbons (Fsp3) is 0.444. The number of aliphatic hydroxyl groups excluding tert-OH is 2. The second-order valence-electron chi connectivity index (χ2n) is 3.09. The largest absolute Gasteiger partial charge is 0.395 e. The van der Waals surface area contributed by atoms with Gasteiger partial charge in [-0.1, -0.05) is 0 Å². The van der Waals surface area contributed by atoms with Crippen molar-refractivity contribution in [2.24, 2.45) is 5.73 Å². The van der Waals surface area contributed by atoms with Crippen LogP contribution in [0, 0.1) is 5.41 Å². The molecule has 16 heavy (non-hydrogen) atoms. The van der Waals surface area contributed by atoms with Crippen LogP contribution in [0.2, 0.25) is 0 Å². The molecule has 1 aromatic heterocycles. The van der Waals surface area contributed by atoms with E-state index in [0.29, 0.717) is 24.7 Å². The zero-order chi connectivity index (χ0) is 12.0. The number of amidine groups is 1. The van der Waals surface area contributed by atoms with Gasteiger partial charge in [0, 0.05) is 19.3 Å². The smallest absolute Gasteiger partial charge is 0.226 e. The van der Waals surface area contributed by atoms with Gasteiger partial charge < -0.3 is 20.8 Å². The number of hydrogen-bond acceptors (Lipinski definition) is 6. The molecule has 0 radical (unpaired) electrons. The maximum absolute atomic E-state index is 8.86. The van der Waals surface area contributed by atoms with Gasteiger partial charge in [-0.05, 0) is 6.07 Å². The van der Waals surface area contributed by atoms with Crippen LogP contribution < -0.4 is 10.6 Å². The first-order chi connectivity index (χ1) is 7.69. The predicted octanol–water partition coefficient (Wildman–Crippen LogP) is -1.45. The van der Waals surface area contributed by atoms with Gasteiger partial charge in [0.1, 0.15) is 11.5 Å². The third-order valence-corrected chi connectivity index (χ3v) is 1.94. The van der Waals surface area contributed by atoms with Crippen LogP contribution in [0.15, 0.2) is 12.3 Å². The molecule has 5 N–H and O–H groups in total. The molecule has 1 aromatic rings. The maximum Gasteiger partial charge on any atom is 0.226 e. The lowest BCUT2D eigenvalue weighted by Gasteiger charge is -2.20. The van der Waals surface area contributed by atoms with Crippen LogP contribution in [0.4, 0.5) is 5.95 Å². The molecule has 0 fully saturated rings. The lowest BCUT2D eigenvalue weighted by atomic mass is 10.4. The third-order valence-electron chi connectivity index (χ3n) is 1.94. The Morgan fingerprint density at radius 3 is 2.50 bits per heavy atom. The van der Waals surface area contributed by atoms with Crippen molar-refractivity contribution in [3.8, 4) is 0 Å². The summed E-state index contributed by atoms with van der Waals surface area (Å²) in [5, 5.41) is 25.0. The third kappa shape index (κ3) is 3.14. The van der Waals surface area contributed by atoms with Gasteiger partial charge in [0.05, 0.1) is 13.2 Å². The SMILES string of the molecule is N=C(N)c1ccnc(N(CCO)CCO)n1. The minimum atomic E-state index is -0.142. The molecule has 7 heteroatoms. The summed E-state index contributed by atoms with van der Waals surface area (Å²) in [6.45, 7) is 0.519. The summed E-state index contributed by atoms with van der Waals surface area (Å²) < 4.78 is 0. The van der Waals surface area contributed by atoms with Crippen molar-refractivity contribution in [1.82, 2.24) is 9.97 Å². The van der Waals surface area contributed by atoms with E-state index in [2.05, 4.69) is 9.97 Å².